The van der Waals surface area contributed by atoms with Crippen LogP contribution in [0.15, 0.2) is 115 Å². The number of hydrogen-bond acceptors (Lipinski definition) is 0. The van der Waals surface area contributed by atoms with Crippen molar-refractivity contribution in [2.45, 2.75) is 144 Å². The van der Waals surface area contributed by atoms with E-state index in [1.165, 1.54) is 124 Å². The smallest absolute Gasteiger partial charge is 0.0215 e. The molecule has 3 aliphatic rings. The topological polar surface area (TPSA) is 0 Å². The second-order valence-corrected chi connectivity index (χ2v) is 22.2. The van der Waals surface area contributed by atoms with Gasteiger partial charge in [0, 0.05) is 16.2 Å². The minimum Gasteiger partial charge on any atom is -0.0628 e. The van der Waals surface area contributed by atoms with Crippen LogP contribution in [0.2, 0.25) is 0 Å². The predicted molar refractivity (Wildman–Crippen MR) is 268 cm³/mol. The third-order valence-corrected chi connectivity index (χ3v) is 15.7. The molecule has 0 heterocycles. The Morgan fingerprint density at radius 3 is 1.05 bits per heavy atom. The van der Waals surface area contributed by atoms with Gasteiger partial charge in [-0.3, -0.25) is 0 Å². The normalized spacial score (nSPS) is 15.9. The maximum Gasteiger partial charge on any atom is 0.0215 e. The van der Waals surface area contributed by atoms with E-state index < -0.39 is 0 Å². The van der Waals surface area contributed by atoms with E-state index in [2.05, 4.69) is 191 Å². The maximum atomic E-state index is 2.65. The first-order chi connectivity index (χ1) is 29.6. The Morgan fingerprint density at radius 2 is 0.645 bits per heavy atom. The molecule has 9 rings (SSSR count). The molecule has 0 fully saturated rings. The lowest BCUT2D eigenvalue weighted by Gasteiger charge is -2.35. The molecule has 0 radical (unpaired) electrons. The van der Waals surface area contributed by atoms with Crippen molar-refractivity contribution in [2.75, 3.05) is 0 Å². The van der Waals surface area contributed by atoms with Crippen LogP contribution in [0.3, 0.4) is 0 Å². The van der Waals surface area contributed by atoms with Crippen LogP contribution in [0, 0.1) is 30.6 Å². The van der Waals surface area contributed by atoms with Gasteiger partial charge < -0.3 is 0 Å². The lowest BCUT2D eigenvalue weighted by atomic mass is 9.68. The molecule has 0 saturated heterocycles. The molecule has 0 heteroatoms. The van der Waals surface area contributed by atoms with Gasteiger partial charge in [-0.1, -0.05) is 166 Å². The standard InChI is InChI=1S/C62H72/c1-39(2)26-30-61(31-27-40(3)4)54-15-13-12-14-48(54)51-23-18-46(36-57(51)61)47-20-25-53-52-24-19-45(37-58(52)62(59(53)38-47,32-28-41(5)6)33-29-42(7)8)44-17-22-50-49-21-16-43(9)34-55(49)60(10,11)56(50)35-44/h12-25,34-42H,26-33H2,1-11H3. The first-order valence-electron chi connectivity index (χ1n) is 24.4. The van der Waals surface area contributed by atoms with E-state index in [1.807, 2.05) is 0 Å². The van der Waals surface area contributed by atoms with Crippen LogP contribution >= 0.6 is 0 Å². The third kappa shape index (κ3) is 7.13. The molecule has 0 atom stereocenters. The van der Waals surface area contributed by atoms with E-state index in [4.69, 9.17) is 0 Å². The van der Waals surface area contributed by atoms with Crippen molar-refractivity contribution >= 4 is 0 Å². The molecule has 0 spiro atoms. The first kappa shape index (κ1) is 42.6. The zero-order valence-electron chi connectivity index (χ0n) is 39.9. The fraction of sp³-hybridized carbons (Fsp3) is 0.419. The van der Waals surface area contributed by atoms with Crippen molar-refractivity contribution in [1.82, 2.24) is 0 Å². The van der Waals surface area contributed by atoms with Gasteiger partial charge in [0.1, 0.15) is 0 Å². The van der Waals surface area contributed by atoms with Crippen molar-refractivity contribution in [3.05, 3.63) is 154 Å². The molecule has 0 amide bonds. The molecule has 3 aliphatic carbocycles. The number of benzene rings is 6. The van der Waals surface area contributed by atoms with Crippen molar-refractivity contribution < 1.29 is 0 Å². The highest BCUT2D eigenvalue weighted by atomic mass is 14.5. The number of hydrogen-bond donors (Lipinski definition) is 0. The summed E-state index contributed by atoms with van der Waals surface area (Å²) in [5.74, 6) is 2.62. The molecule has 62 heavy (non-hydrogen) atoms. The molecule has 0 N–H and O–H groups in total. The highest BCUT2D eigenvalue weighted by molar-refractivity contribution is 5.89. The SMILES string of the molecule is Cc1ccc2c(c1)C(C)(C)c1cc(-c3ccc4c(c3)C(CCC(C)C)(CCC(C)C)c3cc(-c5ccc6c(c5)C(CCC(C)C)(CCC(C)C)c5ccccc5-6)ccc3-4)ccc1-2. The maximum absolute atomic E-state index is 2.65. The molecule has 0 nitrogen and oxygen atoms in total. The fourth-order valence-corrected chi connectivity index (χ4v) is 12.0. The number of rotatable bonds is 14. The summed E-state index contributed by atoms with van der Waals surface area (Å²) in [5, 5.41) is 0. The summed E-state index contributed by atoms with van der Waals surface area (Å²) >= 11 is 0. The molecule has 0 aromatic heterocycles. The van der Waals surface area contributed by atoms with Gasteiger partial charge in [0.15, 0.2) is 0 Å². The third-order valence-electron chi connectivity index (χ3n) is 15.7. The Morgan fingerprint density at radius 1 is 0.339 bits per heavy atom. The van der Waals surface area contributed by atoms with Gasteiger partial charge >= 0.3 is 0 Å². The van der Waals surface area contributed by atoms with Crippen LogP contribution in [0.4, 0.5) is 0 Å². The van der Waals surface area contributed by atoms with E-state index in [0.717, 1.165) is 0 Å². The molecule has 6 aromatic rings. The molecule has 320 valence electrons. The molecule has 6 aromatic carbocycles. The molecule has 0 unspecified atom stereocenters. The fourth-order valence-electron chi connectivity index (χ4n) is 12.0. The van der Waals surface area contributed by atoms with Gasteiger partial charge in [0.2, 0.25) is 0 Å². The highest BCUT2D eigenvalue weighted by Crippen LogP contribution is 2.58. The van der Waals surface area contributed by atoms with Crippen LogP contribution in [0.25, 0.3) is 55.6 Å². The number of aryl methyl sites for hydroxylation is 1. The quantitative estimate of drug-likeness (QED) is 0.103. The predicted octanol–water partition coefficient (Wildman–Crippen LogP) is 17.9. The lowest BCUT2D eigenvalue weighted by molar-refractivity contribution is 0.364. The first-order valence-corrected chi connectivity index (χ1v) is 24.4. The molecular weight excluding hydrogens is 745 g/mol. The van der Waals surface area contributed by atoms with Crippen molar-refractivity contribution in [1.29, 1.82) is 0 Å². The minimum atomic E-state index is -0.0414. The molecule has 0 bridgehead atoms. The van der Waals surface area contributed by atoms with Crippen LogP contribution in [0.5, 0.6) is 0 Å². The van der Waals surface area contributed by atoms with Crippen molar-refractivity contribution in [3.8, 4) is 55.6 Å². The second kappa shape index (κ2) is 16.1. The lowest BCUT2D eigenvalue weighted by Crippen LogP contribution is -2.27. The van der Waals surface area contributed by atoms with E-state index in [-0.39, 0.29) is 16.2 Å². The Kier molecular flexibility index (Phi) is 11.1. The summed E-state index contributed by atoms with van der Waals surface area (Å²) in [5.41, 5.74) is 24.4. The van der Waals surface area contributed by atoms with Gasteiger partial charge in [0.25, 0.3) is 0 Å². The summed E-state index contributed by atoms with van der Waals surface area (Å²) < 4.78 is 0. The summed E-state index contributed by atoms with van der Waals surface area (Å²) in [6.45, 7) is 26.3. The van der Waals surface area contributed by atoms with E-state index in [1.54, 1.807) is 22.3 Å². The van der Waals surface area contributed by atoms with E-state index >= 15 is 0 Å². The van der Waals surface area contributed by atoms with Crippen LogP contribution in [-0.4, -0.2) is 0 Å². The van der Waals surface area contributed by atoms with E-state index in [9.17, 15) is 0 Å². The Hall–Kier alpha value is -4.68. The van der Waals surface area contributed by atoms with Crippen LogP contribution < -0.4 is 0 Å². The minimum absolute atomic E-state index is 0.0305. The summed E-state index contributed by atoms with van der Waals surface area (Å²) in [7, 11) is 0. The van der Waals surface area contributed by atoms with Gasteiger partial charge in [-0.25, -0.2) is 0 Å². The summed E-state index contributed by atoms with van der Waals surface area (Å²) in [4.78, 5) is 0. The average molecular weight is 817 g/mol. The Bertz CT molecular complexity index is 2610. The van der Waals surface area contributed by atoms with E-state index in [0.29, 0.717) is 23.7 Å². The number of fused-ring (bicyclic) bond motifs is 9. The molecule has 0 saturated carbocycles. The summed E-state index contributed by atoms with van der Waals surface area (Å²) in [6, 6.07) is 46.4. The summed E-state index contributed by atoms with van der Waals surface area (Å²) in [6.07, 6.45) is 9.64. The van der Waals surface area contributed by atoms with Crippen molar-refractivity contribution in [2.24, 2.45) is 23.7 Å². The second-order valence-electron chi connectivity index (χ2n) is 22.2. The van der Waals surface area contributed by atoms with Gasteiger partial charge in [-0.05, 0) is 195 Å². The van der Waals surface area contributed by atoms with Gasteiger partial charge in [-0.2, -0.15) is 0 Å². The van der Waals surface area contributed by atoms with Gasteiger partial charge in [-0.15, -0.1) is 0 Å². The molecular formula is C62H72. The highest BCUT2D eigenvalue weighted by Gasteiger charge is 2.45. The largest absolute Gasteiger partial charge is 0.0628 e. The monoisotopic (exact) mass is 817 g/mol. The van der Waals surface area contributed by atoms with Gasteiger partial charge in [0.05, 0.1) is 0 Å². The van der Waals surface area contributed by atoms with Crippen molar-refractivity contribution in [3.63, 3.8) is 0 Å². The molecule has 0 aliphatic heterocycles. The van der Waals surface area contributed by atoms with Crippen LogP contribution in [-0.2, 0) is 16.2 Å². The Labute approximate surface area is 375 Å². The Balaban J connectivity index is 1.17. The van der Waals surface area contributed by atoms with Crippen LogP contribution in [0.1, 0.15) is 160 Å². The zero-order valence-corrected chi connectivity index (χ0v) is 39.9. The zero-order chi connectivity index (χ0) is 43.7. The average Bonchev–Trinajstić information content (AvgIpc) is 3.77.